The van der Waals surface area contributed by atoms with Crippen molar-refractivity contribution in [1.29, 1.82) is 0 Å². The lowest BCUT2D eigenvalue weighted by atomic mass is 10.1. The van der Waals surface area contributed by atoms with Crippen LogP contribution in [0.3, 0.4) is 0 Å². The van der Waals surface area contributed by atoms with E-state index in [1.54, 1.807) is 22.4 Å². The Morgan fingerprint density at radius 1 is 0.974 bits per heavy atom. The number of halogens is 1. The molecule has 7 nitrogen and oxygen atoms in total. The zero-order chi connectivity index (χ0) is 27.7. The summed E-state index contributed by atoms with van der Waals surface area (Å²) in [6.45, 7) is 3.44. The minimum absolute atomic E-state index is 0.0426. The number of aromatic nitrogens is 1. The molecule has 0 amide bonds. The molecule has 0 saturated carbocycles. The molecule has 39 heavy (non-hydrogen) atoms. The number of thioether (sulfide) groups is 1. The highest BCUT2D eigenvalue weighted by atomic mass is 32.2. The average Bonchev–Trinajstić information content (AvgIpc) is 2.93. The van der Waals surface area contributed by atoms with Crippen molar-refractivity contribution in [2.24, 2.45) is 0 Å². The largest absolute Gasteiger partial charge is 0.477 e. The van der Waals surface area contributed by atoms with Crippen molar-refractivity contribution in [3.63, 3.8) is 0 Å². The van der Waals surface area contributed by atoms with E-state index in [2.05, 4.69) is 28.2 Å². The molecule has 0 atom stereocenters. The van der Waals surface area contributed by atoms with Crippen molar-refractivity contribution in [2.45, 2.75) is 11.4 Å². The van der Waals surface area contributed by atoms with Gasteiger partial charge in [0.2, 0.25) is 5.43 Å². The lowest BCUT2D eigenvalue weighted by molar-refractivity contribution is 0.0695. The highest BCUT2D eigenvalue weighted by Crippen LogP contribution is 2.32. The second-order valence-corrected chi connectivity index (χ2v) is 10.8. The summed E-state index contributed by atoms with van der Waals surface area (Å²) in [4.78, 5) is 32.5. The van der Waals surface area contributed by atoms with Crippen LogP contribution in [0.1, 0.15) is 15.9 Å². The van der Waals surface area contributed by atoms with E-state index >= 15 is 4.39 Å². The Bertz CT molecular complexity index is 1580. The van der Waals surface area contributed by atoms with Crippen molar-refractivity contribution >= 4 is 40.0 Å². The molecular weight excluding hydrogens is 515 g/mol. The maximum atomic E-state index is 15.5. The molecule has 1 aliphatic heterocycles. The zero-order valence-corrected chi connectivity index (χ0v) is 23.0. The second-order valence-electron chi connectivity index (χ2n) is 9.92. The van der Waals surface area contributed by atoms with E-state index in [4.69, 9.17) is 0 Å². The smallest absolute Gasteiger partial charge is 0.341 e. The van der Waals surface area contributed by atoms with Gasteiger partial charge in [-0.3, -0.25) is 4.79 Å². The van der Waals surface area contributed by atoms with Crippen LogP contribution in [0.5, 0.6) is 0 Å². The third kappa shape index (κ3) is 5.37. The predicted octanol–water partition coefficient (Wildman–Crippen LogP) is 4.94. The maximum absolute atomic E-state index is 15.5. The number of benzene rings is 3. The van der Waals surface area contributed by atoms with Crippen molar-refractivity contribution < 1.29 is 14.3 Å². The Kier molecular flexibility index (Phi) is 7.63. The van der Waals surface area contributed by atoms with Crippen LogP contribution >= 0.6 is 11.8 Å². The molecule has 1 fully saturated rings. The van der Waals surface area contributed by atoms with Gasteiger partial charge in [-0.1, -0.05) is 24.3 Å². The average molecular weight is 547 g/mol. The lowest BCUT2D eigenvalue weighted by Gasteiger charge is -2.38. The van der Waals surface area contributed by atoms with E-state index in [1.165, 1.54) is 22.8 Å². The van der Waals surface area contributed by atoms with Gasteiger partial charge < -0.3 is 24.4 Å². The molecule has 1 saturated heterocycles. The van der Waals surface area contributed by atoms with Gasteiger partial charge in [-0.05, 0) is 62.3 Å². The second kappa shape index (κ2) is 11.1. The molecule has 1 N–H and O–H groups in total. The van der Waals surface area contributed by atoms with Gasteiger partial charge in [0.15, 0.2) is 0 Å². The van der Waals surface area contributed by atoms with E-state index in [-0.39, 0.29) is 5.39 Å². The highest BCUT2D eigenvalue weighted by Gasteiger charge is 2.24. The topological polar surface area (TPSA) is 69.0 Å². The number of carboxylic acids is 1. The van der Waals surface area contributed by atoms with Crippen LogP contribution < -0.4 is 15.2 Å². The van der Waals surface area contributed by atoms with Crippen LogP contribution in [0.4, 0.5) is 15.8 Å². The first kappa shape index (κ1) is 26.8. The molecule has 2 heterocycles. The fraction of sp³-hybridized carbons (Fsp3) is 0.267. The molecule has 0 radical (unpaired) electrons. The molecule has 0 aliphatic carbocycles. The summed E-state index contributed by atoms with van der Waals surface area (Å²) in [5.74, 6) is -1.88. The number of fused-ring (bicyclic) bond motifs is 1. The minimum atomic E-state index is -1.34. The van der Waals surface area contributed by atoms with E-state index in [0.717, 1.165) is 25.2 Å². The molecule has 202 valence electrons. The Hall–Kier alpha value is -3.82. The summed E-state index contributed by atoms with van der Waals surface area (Å²) in [6.07, 6.45) is 3.40. The number of anilines is 2. The minimum Gasteiger partial charge on any atom is -0.477 e. The highest BCUT2D eigenvalue weighted by molar-refractivity contribution is 7.98. The molecule has 4 aromatic rings. The maximum Gasteiger partial charge on any atom is 0.341 e. The van der Waals surface area contributed by atoms with Gasteiger partial charge >= 0.3 is 5.97 Å². The fourth-order valence-corrected chi connectivity index (χ4v) is 5.77. The van der Waals surface area contributed by atoms with Crippen molar-refractivity contribution in [3.8, 4) is 5.69 Å². The van der Waals surface area contributed by atoms with E-state index in [0.29, 0.717) is 30.0 Å². The lowest BCUT2D eigenvalue weighted by Crippen LogP contribution is -2.47. The standard InChI is InChI=1S/C30H31FN4O3S/c1-32(2)18-20-8-10-21(11-9-20)35-19-23(30(37)38)29(36)22-16-24(31)27(17-26(22)35)34-14-12-33(13-15-34)25-6-4-5-7-28(25)39-3/h4-11,16-17,19H,12-15,18H2,1-3H3,(H,37,38). The van der Waals surface area contributed by atoms with Crippen molar-refractivity contribution in [1.82, 2.24) is 9.47 Å². The molecule has 3 aromatic carbocycles. The number of aromatic carboxylic acids is 1. The Balaban J connectivity index is 1.53. The number of carboxylic acid groups (broad SMARTS) is 1. The Morgan fingerprint density at radius 2 is 1.62 bits per heavy atom. The first-order valence-electron chi connectivity index (χ1n) is 12.8. The molecule has 0 bridgehead atoms. The molecular formula is C30H31FN4O3S. The van der Waals surface area contributed by atoms with Crippen LogP contribution in [0.25, 0.3) is 16.6 Å². The summed E-state index contributed by atoms with van der Waals surface area (Å²) >= 11 is 1.71. The first-order valence-corrected chi connectivity index (χ1v) is 14.0. The number of nitrogens with zero attached hydrogens (tertiary/aromatic N) is 4. The van der Waals surface area contributed by atoms with E-state index < -0.39 is 22.8 Å². The molecule has 1 aromatic heterocycles. The molecule has 0 unspecified atom stereocenters. The van der Waals surface area contributed by atoms with Gasteiger partial charge in [-0.15, -0.1) is 11.8 Å². The van der Waals surface area contributed by atoms with Crippen LogP contribution in [-0.4, -0.2) is 67.1 Å². The summed E-state index contributed by atoms with van der Waals surface area (Å²) in [5, 5.41) is 9.74. The summed E-state index contributed by atoms with van der Waals surface area (Å²) in [7, 11) is 3.97. The van der Waals surface area contributed by atoms with Gasteiger partial charge in [0.25, 0.3) is 0 Å². The number of rotatable bonds is 7. The van der Waals surface area contributed by atoms with Gasteiger partial charge in [-0.25, -0.2) is 9.18 Å². The zero-order valence-electron chi connectivity index (χ0n) is 22.2. The van der Waals surface area contributed by atoms with Crippen LogP contribution in [0, 0.1) is 5.82 Å². The van der Waals surface area contributed by atoms with E-state index in [9.17, 15) is 14.7 Å². The third-order valence-corrected chi connectivity index (χ3v) is 7.85. The Morgan fingerprint density at radius 3 is 2.23 bits per heavy atom. The van der Waals surface area contributed by atoms with Gasteiger partial charge in [0.05, 0.1) is 16.9 Å². The van der Waals surface area contributed by atoms with Crippen molar-refractivity contribution in [2.75, 3.05) is 56.3 Å². The van der Waals surface area contributed by atoms with Gasteiger partial charge in [0, 0.05) is 54.9 Å². The molecule has 5 rings (SSSR count). The molecule has 9 heteroatoms. The number of carbonyl (C=O) groups is 1. The summed E-state index contributed by atoms with van der Waals surface area (Å²) < 4.78 is 17.2. The third-order valence-electron chi connectivity index (χ3n) is 7.06. The van der Waals surface area contributed by atoms with Crippen LogP contribution in [-0.2, 0) is 6.54 Å². The number of pyridine rings is 1. The van der Waals surface area contributed by atoms with Crippen LogP contribution in [0.15, 0.2) is 76.6 Å². The molecule has 1 aliphatic rings. The Labute approximate surface area is 231 Å². The fourth-order valence-electron chi connectivity index (χ4n) is 5.15. The summed E-state index contributed by atoms with van der Waals surface area (Å²) in [6, 6.07) is 18.9. The van der Waals surface area contributed by atoms with E-state index in [1.807, 2.05) is 55.4 Å². The quantitative estimate of drug-likeness (QED) is 0.330. The monoisotopic (exact) mass is 546 g/mol. The van der Waals surface area contributed by atoms with Crippen molar-refractivity contribution in [3.05, 3.63) is 94.0 Å². The number of hydrogen-bond acceptors (Lipinski definition) is 6. The van der Waals surface area contributed by atoms with Gasteiger partial charge in [-0.2, -0.15) is 0 Å². The number of hydrogen-bond donors (Lipinski definition) is 1. The normalized spacial score (nSPS) is 13.9. The van der Waals surface area contributed by atoms with Gasteiger partial charge in [0.1, 0.15) is 11.4 Å². The predicted molar refractivity (Wildman–Crippen MR) is 157 cm³/mol. The summed E-state index contributed by atoms with van der Waals surface area (Å²) in [5.41, 5.74) is 2.75. The number of para-hydroxylation sites is 1. The van der Waals surface area contributed by atoms with Crippen LogP contribution in [0.2, 0.25) is 0 Å². The number of piperazine rings is 1. The molecule has 0 spiro atoms. The SMILES string of the molecule is CSc1ccccc1N1CCN(c2cc3c(cc2F)c(=O)c(C(=O)O)cn3-c2ccc(CN(C)C)cc2)CC1. The first-order chi connectivity index (χ1) is 18.8.